The molecule has 1 heteroatoms. The predicted molar refractivity (Wildman–Crippen MR) is 69.1 cm³/mol. The van der Waals surface area contributed by atoms with Crippen LogP contribution in [0.5, 0.6) is 0 Å². The molecule has 17 heavy (non-hydrogen) atoms. The Morgan fingerprint density at radius 3 is 2.00 bits per heavy atom. The highest BCUT2D eigenvalue weighted by Gasteiger charge is 2.60. The summed E-state index contributed by atoms with van der Waals surface area (Å²) in [7, 11) is 0. The third kappa shape index (κ3) is 1.07. The second-order valence-electron chi connectivity index (χ2n) is 5.52. The van der Waals surface area contributed by atoms with E-state index in [1.807, 2.05) is 6.92 Å². The van der Waals surface area contributed by atoms with Crippen molar-refractivity contribution in [1.29, 1.82) is 0 Å². The van der Waals surface area contributed by atoms with Gasteiger partial charge in [-0.1, -0.05) is 36.4 Å². The molecule has 0 aliphatic heterocycles. The molecular formula is C16H18O. The Bertz CT molecular complexity index is 465. The minimum atomic E-state index is -0.302. The first-order valence-electron chi connectivity index (χ1n) is 6.36. The van der Waals surface area contributed by atoms with Crippen molar-refractivity contribution in [1.82, 2.24) is 0 Å². The van der Waals surface area contributed by atoms with Gasteiger partial charge in [0, 0.05) is 11.8 Å². The van der Waals surface area contributed by atoms with Crippen molar-refractivity contribution in [2.75, 3.05) is 0 Å². The highest BCUT2D eigenvalue weighted by atomic mass is 16.1. The summed E-state index contributed by atoms with van der Waals surface area (Å²) >= 11 is 0. The molecule has 0 amide bonds. The third-order valence-electron chi connectivity index (χ3n) is 4.88. The normalized spacial score (nSPS) is 33.5. The van der Waals surface area contributed by atoms with Crippen LogP contribution in [0, 0.1) is 5.41 Å². The van der Waals surface area contributed by atoms with Gasteiger partial charge in [0.15, 0.2) is 0 Å². The van der Waals surface area contributed by atoms with Gasteiger partial charge in [0.1, 0.15) is 5.78 Å². The number of benzene rings is 1. The Morgan fingerprint density at radius 2 is 1.65 bits per heavy atom. The molecule has 1 fully saturated rings. The minimum Gasteiger partial charge on any atom is -0.299 e. The summed E-state index contributed by atoms with van der Waals surface area (Å²) < 4.78 is 0. The fourth-order valence-electron chi connectivity index (χ4n) is 4.36. The molecule has 0 saturated heterocycles. The van der Waals surface area contributed by atoms with Gasteiger partial charge in [0.2, 0.25) is 0 Å². The number of hydrogen-bond acceptors (Lipinski definition) is 1. The van der Waals surface area contributed by atoms with Crippen molar-refractivity contribution in [2.45, 2.75) is 38.5 Å². The Kier molecular flexibility index (Phi) is 2.10. The zero-order valence-electron chi connectivity index (χ0n) is 10.5. The molecule has 2 bridgehead atoms. The van der Waals surface area contributed by atoms with Crippen LogP contribution in [0.1, 0.15) is 49.7 Å². The highest BCUT2D eigenvalue weighted by molar-refractivity contribution is 5.90. The third-order valence-corrected chi connectivity index (χ3v) is 4.88. The Hall–Kier alpha value is -1.37. The molecule has 0 radical (unpaired) electrons. The van der Waals surface area contributed by atoms with E-state index >= 15 is 0 Å². The van der Waals surface area contributed by atoms with E-state index < -0.39 is 0 Å². The van der Waals surface area contributed by atoms with Crippen LogP contribution in [0.2, 0.25) is 0 Å². The summed E-state index contributed by atoms with van der Waals surface area (Å²) in [5.74, 6) is 1.05. The van der Waals surface area contributed by atoms with Gasteiger partial charge in [-0.2, -0.15) is 0 Å². The monoisotopic (exact) mass is 226 g/mol. The molecule has 88 valence electrons. The molecule has 0 spiro atoms. The van der Waals surface area contributed by atoms with E-state index in [9.17, 15) is 4.79 Å². The van der Waals surface area contributed by atoms with E-state index in [2.05, 4.69) is 30.8 Å². The predicted octanol–water partition coefficient (Wildman–Crippen LogP) is 3.81. The number of carbonyl (C=O) groups excluding carboxylic acids is 1. The van der Waals surface area contributed by atoms with Gasteiger partial charge in [-0.3, -0.25) is 4.79 Å². The average Bonchev–Trinajstić information content (AvgIpc) is 2.81. The fourth-order valence-corrected chi connectivity index (χ4v) is 4.36. The average molecular weight is 226 g/mol. The number of ketones is 1. The summed E-state index contributed by atoms with van der Waals surface area (Å²) in [5, 5.41) is 0. The summed E-state index contributed by atoms with van der Waals surface area (Å²) in [6.07, 6.45) is 2.27. The van der Waals surface area contributed by atoms with Crippen LogP contribution in [-0.4, -0.2) is 5.78 Å². The quantitative estimate of drug-likeness (QED) is 0.701. The van der Waals surface area contributed by atoms with E-state index in [1.54, 1.807) is 6.92 Å². The number of Topliss-reactive ketones (excluding diaryl/α,β-unsaturated/α-hetero) is 1. The van der Waals surface area contributed by atoms with Crippen molar-refractivity contribution >= 4 is 5.78 Å². The largest absolute Gasteiger partial charge is 0.299 e. The zero-order valence-corrected chi connectivity index (χ0v) is 10.5. The molecule has 1 saturated carbocycles. The topological polar surface area (TPSA) is 17.1 Å². The lowest BCUT2D eigenvalue weighted by Crippen LogP contribution is -2.33. The van der Waals surface area contributed by atoms with E-state index in [1.165, 1.54) is 11.1 Å². The van der Waals surface area contributed by atoms with E-state index in [0.717, 1.165) is 18.4 Å². The van der Waals surface area contributed by atoms with Crippen molar-refractivity contribution < 1.29 is 4.79 Å². The molecule has 0 unspecified atom stereocenters. The molecule has 2 aliphatic carbocycles. The number of hydrogen-bond donors (Lipinski definition) is 0. The molecule has 0 aromatic heterocycles. The SMILES string of the molecule is C=C(C)C1(C(C)=O)[C@H]2CC[C@H]1c1ccccc12. The maximum absolute atomic E-state index is 12.3. The number of allylic oxidation sites excluding steroid dienone is 1. The first-order chi connectivity index (χ1) is 8.10. The lowest BCUT2D eigenvalue weighted by Gasteiger charge is -2.32. The lowest BCUT2D eigenvalue weighted by atomic mass is 9.68. The second kappa shape index (κ2) is 3.32. The molecule has 0 heterocycles. The van der Waals surface area contributed by atoms with Gasteiger partial charge in [-0.15, -0.1) is 0 Å². The Morgan fingerprint density at radius 1 is 1.18 bits per heavy atom. The molecule has 2 aliphatic rings. The maximum atomic E-state index is 12.3. The standard InChI is InChI=1S/C16H18O/c1-10(2)16(11(3)17)14-8-9-15(16)13-7-5-4-6-12(13)14/h4-7,14-15H,1,8-9H2,2-3H3/t14-,15-/m0/s1. The lowest BCUT2D eigenvalue weighted by molar-refractivity contribution is -0.125. The van der Waals surface area contributed by atoms with Crippen LogP contribution in [0.3, 0.4) is 0 Å². The van der Waals surface area contributed by atoms with Gasteiger partial charge < -0.3 is 0 Å². The van der Waals surface area contributed by atoms with Gasteiger partial charge in [0.05, 0.1) is 5.41 Å². The summed E-state index contributed by atoms with van der Waals surface area (Å²) in [6, 6.07) is 8.56. The van der Waals surface area contributed by atoms with Crippen LogP contribution in [-0.2, 0) is 4.79 Å². The molecule has 1 aromatic rings. The number of rotatable bonds is 2. The zero-order chi connectivity index (χ0) is 12.2. The second-order valence-corrected chi connectivity index (χ2v) is 5.52. The van der Waals surface area contributed by atoms with Gasteiger partial charge in [0.25, 0.3) is 0 Å². The summed E-state index contributed by atoms with van der Waals surface area (Å²) in [6.45, 7) is 7.90. The van der Waals surface area contributed by atoms with Crippen LogP contribution >= 0.6 is 0 Å². The molecular weight excluding hydrogens is 208 g/mol. The smallest absolute Gasteiger partial charge is 0.141 e. The van der Waals surface area contributed by atoms with Crippen molar-refractivity contribution in [3.8, 4) is 0 Å². The van der Waals surface area contributed by atoms with Crippen LogP contribution in [0.15, 0.2) is 36.4 Å². The van der Waals surface area contributed by atoms with E-state index in [4.69, 9.17) is 0 Å². The maximum Gasteiger partial charge on any atom is 0.141 e. The molecule has 1 aromatic carbocycles. The Labute approximate surface area is 103 Å². The highest BCUT2D eigenvalue weighted by Crippen LogP contribution is 2.67. The van der Waals surface area contributed by atoms with Crippen molar-refractivity contribution in [3.05, 3.63) is 47.5 Å². The number of carbonyl (C=O) groups is 1. The van der Waals surface area contributed by atoms with Crippen LogP contribution in [0.25, 0.3) is 0 Å². The fraction of sp³-hybridized carbons (Fsp3) is 0.438. The molecule has 3 rings (SSSR count). The molecule has 0 N–H and O–H groups in total. The van der Waals surface area contributed by atoms with Gasteiger partial charge in [-0.25, -0.2) is 0 Å². The molecule has 2 atom stereocenters. The van der Waals surface area contributed by atoms with Crippen molar-refractivity contribution in [3.63, 3.8) is 0 Å². The van der Waals surface area contributed by atoms with E-state index in [-0.39, 0.29) is 5.41 Å². The first-order valence-corrected chi connectivity index (χ1v) is 6.36. The first kappa shape index (κ1) is 10.8. The summed E-state index contributed by atoms with van der Waals surface area (Å²) in [4.78, 5) is 12.3. The molecule has 1 nitrogen and oxygen atoms in total. The Balaban J connectivity index is 2.25. The van der Waals surface area contributed by atoms with Gasteiger partial charge >= 0.3 is 0 Å². The summed E-state index contributed by atoms with van der Waals surface area (Å²) in [5.41, 5.74) is 3.53. The van der Waals surface area contributed by atoms with Crippen molar-refractivity contribution in [2.24, 2.45) is 5.41 Å². The van der Waals surface area contributed by atoms with E-state index in [0.29, 0.717) is 17.6 Å². The van der Waals surface area contributed by atoms with Gasteiger partial charge in [-0.05, 0) is 37.8 Å². The van der Waals surface area contributed by atoms with Crippen LogP contribution in [0.4, 0.5) is 0 Å². The van der Waals surface area contributed by atoms with Crippen LogP contribution < -0.4 is 0 Å². The minimum absolute atomic E-state index is 0.300. The number of fused-ring (bicyclic) bond motifs is 5.